The van der Waals surface area contributed by atoms with Gasteiger partial charge in [0.25, 0.3) is 0 Å². The maximum absolute atomic E-state index is 6.36. The van der Waals surface area contributed by atoms with Crippen LogP contribution in [0.15, 0.2) is 47.6 Å². The molecule has 0 bridgehead atoms. The zero-order valence-electron chi connectivity index (χ0n) is 15.6. The molecule has 0 spiro atoms. The molecule has 3 atom stereocenters. The summed E-state index contributed by atoms with van der Waals surface area (Å²) in [5.41, 5.74) is 5.26. The first-order valence-electron chi connectivity index (χ1n) is 9.29. The van der Waals surface area contributed by atoms with Gasteiger partial charge in [-0.3, -0.25) is 4.57 Å². The van der Waals surface area contributed by atoms with E-state index in [0.29, 0.717) is 6.61 Å². The topological polar surface area (TPSA) is 60.7 Å². The Morgan fingerprint density at radius 1 is 1.15 bits per heavy atom. The van der Waals surface area contributed by atoms with Gasteiger partial charge >= 0.3 is 0 Å². The van der Waals surface area contributed by atoms with Crippen molar-refractivity contribution < 1.29 is 9.57 Å². The Morgan fingerprint density at radius 2 is 1.96 bits per heavy atom. The van der Waals surface area contributed by atoms with E-state index in [1.807, 2.05) is 27.0 Å². The monoisotopic (exact) mass is 362 g/mol. The molecule has 1 aromatic heterocycles. The lowest BCUT2D eigenvalue weighted by Gasteiger charge is -2.30. The Balaban J connectivity index is 1.74. The summed E-state index contributed by atoms with van der Waals surface area (Å²) in [4.78, 5) is 10.3. The Bertz CT molecular complexity index is 1040. The standard InChI is InChI=1S/C21H22N4O2/c1-12-18(13(2)27-24-12)15-9-10-16-19-20(15)26-11-17(14-7-5-4-6-8-14)25(19)21(22-3)23-16/h4-10,13,17-18H,11H2,1-3H3,(H,22,23). The molecule has 0 amide bonds. The number of oxime groups is 1. The highest BCUT2D eigenvalue weighted by Crippen LogP contribution is 2.44. The molecule has 0 saturated carbocycles. The molecule has 0 aliphatic carbocycles. The van der Waals surface area contributed by atoms with Gasteiger partial charge in [-0.1, -0.05) is 41.6 Å². The van der Waals surface area contributed by atoms with E-state index >= 15 is 0 Å². The Hall–Kier alpha value is -3.02. The van der Waals surface area contributed by atoms with Crippen LogP contribution in [0.25, 0.3) is 11.0 Å². The number of ether oxygens (including phenoxy) is 1. The van der Waals surface area contributed by atoms with Gasteiger partial charge in [0.15, 0.2) is 0 Å². The molecule has 27 heavy (non-hydrogen) atoms. The van der Waals surface area contributed by atoms with E-state index in [2.05, 4.69) is 51.4 Å². The molecule has 5 rings (SSSR count). The summed E-state index contributed by atoms with van der Waals surface area (Å²) in [6.07, 6.45) is -0.00529. The van der Waals surface area contributed by atoms with Crippen molar-refractivity contribution in [1.29, 1.82) is 0 Å². The second-order valence-electron chi connectivity index (χ2n) is 7.17. The largest absolute Gasteiger partial charge is 0.488 e. The fourth-order valence-electron chi connectivity index (χ4n) is 4.31. The number of aromatic nitrogens is 2. The van der Waals surface area contributed by atoms with E-state index in [1.165, 1.54) is 5.56 Å². The molecule has 6 heteroatoms. The summed E-state index contributed by atoms with van der Waals surface area (Å²) >= 11 is 0. The average Bonchev–Trinajstić information content (AvgIpc) is 3.24. The minimum Gasteiger partial charge on any atom is -0.488 e. The van der Waals surface area contributed by atoms with Gasteiger partial charge in [-0.05, 0) is 25.5 Å². The van der Waals surface area contributed by atoms with E-state index in [0.717, 1.165) is 34.0 Å². The van der Waals surface area contributed by atoms with Gasteiger partial charge < -0.3 is 14.9 Å². The van der Waals surface area contributed by atoms with Gasteiger partial charge in [0, 0.05) is 12.6 Å². The van der Waals surface area contributed by atoms with E-state index in [4.69, 9.17) is 14.6 Å². The molecule has 3 aromatic rings. The molecule has 2 aliphatic heterocycles. The first-order chi connectivity index (χ1) is 13.2. The smallest absolute Gasteiger partial charge is 0.204 e. The van der Waals surface area contributed by atoms with Crippen LogP contribution in [0.1, 0.15) is 36.9 Å². The second-order valence-corrected chi connectivity index (χ2v) is 7.17. The van der Waals surface area contributed by atoms with Crippen LogP contribution >= 0.6 is 0 Å². The molecule has 3 unspecified atom stereocenters. The molecular formula is C21H22N4O2. The van der Waals surface area contributed by atoms with Gasteiger partial charge in [-0.15, -0.1) is 0 Å². The molecule has 1 N–H and O–H groups in total. The number of anilines is 1. The van der Waals surface area contributed by atoms with Crippen molar-refractivity contribution in [2.45, 2.75) is 31.9 Å². The molecule has 138 valence electrons. The second kappa shape index (κ2) is 6.01. The zero-order chi connectivity index (χ0) is 18.5. The third kappa shape index (κ3) is 2.32. The minimum absolute atomic E-state index is 0.00529. The van der Waals surface area contributed by atoms with Gasteiger partial charge in [-0.25, -0.2) is 4.98 Å². The molecule has 6 nitrogen and oxygen atoms in total. The first-order valence-corrected chi connectivity index (χ1v) is 9.29. The third-order valence-electron chi connectivity index (χ3n) is 5.56. The van der Waals surface area contributed by atoms with Gasteiger partial charge in [0.05, 0.1) is 23.2 Å². The summed E-state index contributed by atoms with van der Waals surface area (Å²) in [6.45, 7) is 4.62. The fraction of sp³-hybridized carbons (Fsp3) is 0.333. The predicted molar refractivity (Wildman–Crippen MR) is 106 cm³/mol. The maximum Gasteiger partial charge on any atom is 0.204 e. The van der Waals surface area contributed by atoms with E-state index in [9.17, 15) is 0 Å². The van der Waals surface area contributed by atoms with E-state index in [-0.39, 0.29) is 18.1 Å². The van der Waals surface area contributed by atoms with Crippen molar-refractivity contribution in [3.8, 4) is 5.75 Å². The van der Waals surface area contributed by atoms with Crippen molar-refractivity contribution in [2.24, 2.45) is 5.16 Å². The third-order valence-corrected chi connectivity index (χ3v) is 5.56. The van der Waals surface area contributed by atoms with Crippen LogP contribution in [-0.2, 0) is 4.84 Å². The van der Waals surface area contributed by atoms with Crippen molar-refractivity contribution in [2.75, 3.05) is 19.0 Å². The molecule has 0 radical (unpaired) electrons. The number of nitrogens with zero attached hydrogens (tertiary/aromatic N) is 3. The molecule has 2 aromatic carbocycles. The van der Waals surface area contributed by atoms with Crippen molar-refractivity contribution >= 4 is 22.7 Å². The van der Waals surface area contributed by atoms with Crippen LogP contribution in [0.4, 0.5) is 5.95 Å². The van der Waals surface area contributed by atoms with Crippen molar-refractivity contribution in [3.63, 3.8) is 0 Å². The van der Waals surface area contributed by atoms with E-state index < -0.39 is 0 Å². The Kier molecular flexibility index (Phi) is 3.60. The number of hydrogen-bond acceptors (Lipinski definition) is 5. The highest BCUT2D eigenvalue weighted by atomic mass is 16.6. The maximum atomic E-state index is 6.36. The van der Waals surface area contributed by atoms with Crippen molar-refractivity contribution in [1.82, 2.24) is 9.55 Å². The Morgan fingerprint density at radius 3 is 2.67 bits per heavy atom. The van der Waals surface area contributed by atoms with E-state index in [1.54, 1.807) is 0 Å². The van der Waals surface area contributed by atoms with Crippen LogP contribution in [0.2, 0.25) is 0 Å². The molecular weight excluding hydrogens is 340 g/mol. The summed E-state index contributed by atoms with van der Waals surface area (Å²) < 4.78 is 8.63. The fourth-order valence-corrected chi connectivity index (χ4v) is 4.31. The van der Waals surface area contributed by atoms with Crippen LogP contribution < -0.4 is 10.1 Å². The minimum atomic E-state index is -0.00529. The zero-order valence-corrected chi connectivity index (χ0v) is 15.6. The van der Waals surface area contributed by atoms with Crippen LogP contribution in [0.5, 0.6) is 5.75 Å². The van der Waals surface area contributed by atoms with Crippen LogP contribution in [0, 0.1) is 0 Å². The number of imidazole rings is 1. The summed E-state index contributed by atoms with van der Waals surface area (Å²) in [6, 6.07) is 14.7. The molecule has 0 fully saturated rings. The van der Waals surface area contributed by atoms with Gasteiger partial charge in [0.2, 0.25) is 5.95 Å². The highest BCUT2D eigenvalue weighted by molar-refractivity contribution is 5.94. The first kappa shape index (κ1) is 16.2. The van der Waals surface area contributed by atoms with Crippen LogP contribution in [-0.4, -0.2) is 35.0 Å². The summed E-state index contributed by atoms with van der Waals surface area (Å²) in [5.74, 6) is 1.84. The number of hydrogen-bond donors (Lipinski definition) is 1. The lowest BCUT2D eigenvalue weighted by atomic mass is 9.89. The predicted octanol–water partition coefficient (Wildman–Crippen LogP) is 3.94. The van der Waals surface area contributed by atoms with Gasteiger partial charge in [-0.2, -0.15) is 0 Å². The SMILES string of the molecule is CNc1nc2ccc(C3C(C)=NOC3C)c3c2n1C(c1ccccc1)CO3. The molecule has 3 heterocycles. The van der Waals surface area contributed by atoms with Gasteiger partial charge in [0.1, 0.15) is 24.0 Å². The van der Waals surface area contributed by atoms with Crippen LogP contribution in [0.3, 0.4) is 0 Å². The quantitative estimate of drug-likeness (QED) is 0.767. The number of nitrogens with one attached hydrogen (secondary N) is 1. The number of benzene rings is 2. The molecule has 0 saturated heterocycles. The summed E-state index contributed by atoms with van der Waals surface area (Å²) in [5, 5.41) is 7.43. The average molecular weight is 362 g/mol. The normalized spacial score (nSPS) is 23.7. The van der Waals surface area contributed by atoms with Crippen molar-refractivity contribution in [3.05, 3.63) is 53.6 Å². The lowest BCUT2D eigenvalue weighted by molar-refractivity contribution is 0.0897. The summed E-state index contributed by atoms with van der Waals surface area (Å²) in [7, 11) is 1.91. The number of rotatable bonds is 3. The molecule has 2 aliphatic rings. The highest BCUT2D eigenvalue weighted by Gasteiger charge is 2.36. The lowest BCUT2D eigenvalue weighted by Crippen LogP contribution is -2.26. The Labute approximate surface area is 157 Å².